The number of thiophene rings is 1. The number of aromatic nitrogens is 4. The average Bonchev–Trinajstić information content (AvgIpc) is 3.04. The first kappa shape index (κ1) is 11.0. The van der Waals surface area contributed by atoms with Crippen LogP contribution in [0, 0.1) is 0 Å². The van der Waals surface area contributed by atoms with Gasteiger partial charge in [0, 0.05) is 17.5 Å². The highest BCUT2D eigenvalue weighted by Crippen LogP contribution is 2.13. The SMILES string of the molecule is Nc1cnn(Cc2nc(Cc3cccs3)no2)c1. The molecule has 0 amide bonds. The van der Waals surface area contributed by atoms with E-state index >= 15 is 0 Å². The quantitative estimate of drug-likeness (QED) is 0.770. The number of anilines is 1. The molecule has 3 heterocycles. The van der Waals surface area contributed by atoms with Crippen molar-refractivity contribution in [3.8, 4) is 0 Å². The van der Waals surface area contributed by atoms with Gasteiger partial charge in [0.05, 0.1) is 11.9 Å². The summed E-state index contributed by atoms with van der Waals surface area (Å²) in [5.74, 6) is 1.22. The molecule has 0 spiro atoms. The molecule has 0 bridgehead atoms. The van der Waals surface area contributed by atoms with Gasteiger partial charge >= 0.3 is 0 Å². The van der Waals surface area contributed by atoms with Crippen LogP contribution in [0.15, 0.2) is 34.4 Å². The Morgan fingerprint density at radius 2 is 2.39 bits per heavy atom. The summed E-state index contributed by atoms with van der Waals surface area (Å²) in [6, 6.07) is 4.06. The van der Waals surface area contributed by atoms with E-state index < -0.39 is 0 Å². The first-order valence-corrected chi connectivity index (χ1v) is 6.29. The minimum atomic E-state index is 0.439. The zero-order chi connectivity index (χ0) is 12.4. The van der Waals surface area contributed by atoms with Gasteiger partial charge in [-0.1, -0.05) is 11.2 Å². The van der Waals surface area contributed by atoms with Gasteiger partial charge in [0.25, 0.3) is 0 Å². The summed E-state index contributed by atoms with van der Waals surface area (Å²) in [5.41, 5.74) is 6.20. The van der Waals surface area contributed by atoms with Crippen molar-refractivity contribution in [2.45, 2.75) is 13.0 Å². The monoisotopic (exact) mass is 261 g/mol. The van der Waals surface area contributed by atoms with E-state index in [1.807, 2.05) is 11.4 Å². The molecule has 3 rings (SSSR count). The summed E-state index contributed by atoms with van der Waals surface area (Å²) < 4.78 is 6.83. The second-order valence-electron chi connectivity index (χ2n) is 3.83. The molecule has 3 aromatic heterocycles. The molecule has 0 saturated carbocycles. The number of rotatable bonds is 4. The maximum atomic E-state index is 5.58. The van der Waals surface area contributed by atoms with Crippen molar-refractivity contribution in [1.29, 1.82) is 0 Å². The number of hydrogen-bond donors (Lipinski definition) is 1. The Balaban J connectivity index is 1.69. The van der Waals surface area contributed by atoms with Gasteiger partial charge in [-0.15, -0.1) is 11.3 Å². The fourth-order valence-corrected chi connectivity index (χ4v) is 2.30. The maximum Gasteiger partial charge on any atom is 0.248 e. The summed E-state index contributed by atoms with van der Waals surface area (Å²) >= 11 is 1.68. The Labute approximate surface area is 107 Å². The Morgan fingerprint density at radius 3 is 3.11 bits per heavy atom. The highest BCUT2D eigenvalue weighted by Gasteiger charge is 2.08. The van der Waals surface area contributed by atoms with Crippen LogP contribution in [0.1, 0.15) is 16.6 Å². The molecule has 0 aliphatic rings. The lowest BCUT2D eigenvalue weighted by atomic mass is 10.3. The van der Waals surface area contributed by atoms with Gasteiger partial charge in [-0.25, -0.2) is 0 Å². The summed E-state index contributed by atoms with van der Waals surface area (Å²) in [4.78, 5) is 5.53. The van der Waals surface area contributed by atoms with Crippen LogP contribution in [0.3, 0.4) is 0 Å². The second-order valence-corrected chi connectivity index (χ2v) is 4.86. The third-order valence-corrected chi connectivity index (χ3v) is 3.25. The minimum absolute atomic E-state index is 0.439. The zero-order valence-corrected chi connectivity index (χ0v) is 10.3. The van der Waals surface area contributed by atoms with Gasteiger partial charge in [-0.2, -0.15) is 10.1 Å². The number of hydrogen-bond acceptors (Lipinski definition) is 6. The third-order valence-electron chi connectivity index (χ3n) is 2.37. The Bertz CT molecular complexity index is 627. The molecule has 0 saturated heterocycles. The van der Waals surface area contributed by atoms with E-state index in [1.165, 1.54) is 4.88 Å². The molecule has 0 unspecified atom stereocenters. The molecule has 3 aromatic rings. The molecule has 6 nitrogen and oxygen atoms in total. The largest absolute Gasteiger partial charge is 0.396 e. The lowest BCUT2D eigenvalue weighted by Gasteiger charge is -1.93. The zero-order valence-electron chi connectivity index (χ0n) is 9.48. The van der Waals surface area contributed by atoms with Crippen LogP contribution in [0.2, 0.25) is 0 Å². The van der Waals surface area contributed by atoms with Crippen molar-refractivity contribution >= 4 is 17.0 Å². The first-order chi connectivity index (χ1) is 8.79. The number of nitrogens with two attached hydrogens (primary N) is 1. The molecule has 2 N–H and O–H groups in total. The lowest BCUT2D eigenvalue weighted by molar-refractivity contribution is 0.362. The topological polar surface area (TPSA) is 82.8 Å². The van der Waals surface area contributed by atoms with Crippen molar-refractivity contribution in [2.24, 2.45) is 0 Å². The molecule has 18 heavy (non-hydrogen) atoms. The van der Waals surface area contributed by atoms with Crippen LogP contribution < -0.4 is 5.73 Å². The summed E-state index contributed by atoms with van der Waals surface area (Å²) in [5, 5.41) is 10.0. The average molecular weight is 261 g/mol. The lowest BCUT2D eigenvalue weighted by Crippen LogP contribution is -2.00. The predicted octanol–water partition coefficient (Wildman–Crippen LogP) is 1.55. The molecular weight excluding hydrogens is 250 g/mol. The van der Waals surface area contributed by atoms with E-state index in [0.29, 0.717) is 30.4 Å². The van der Waals surface area contributed by atoms with Crippen molar-refractivity contribution < 1.29 is 4.52 Å². The van der Waals surface area contributed by atoms with E-state index in [1.54, 1.807) is 28.4 Å². The van der Waals surface area contributed by atoms with Gasteiger partial charge < -0.3 is 10.3 Å². The molecule has 0 radical (unpaired) electrons. The van der Waals surface area contributed by atoms with Gasteiger partial charge in [-0.3, -0.25) is 4.68 Å². The molecule has 92 valence electrons. The Kier molecular flexibility index (Phi) is 2.81. The van der Waals surface area contributed by atoms with Crippen LogP contribution in [0.4, 0.5) is 5.69 Å². The van der Waals surface area contributed by atoms with E-state index in [9.17, 15) is 0 Å². The van der Waals surface area contributed by atoms with Gasteiger partial charge in [0.1, 0.15) is 6.54 Å². The number of nitrogens with zero attached hydrogens (tertiary/aromatic N) is 4. The number of nitrogen functional groups attached to an aromatic ring is 1. The highest BCUT2D eigenvalue weighted by molar-refractivity contribution is 7.09. The fourth-order valence-electron chi connectivity index (χ4n) is 1.60. The Hall–Kier alpha value is -2.15. The van der Waals surface area contributed by atoms with E-state index in [-0.39, 0.29) is 0 Å². The minimum Gasteiger partial charge on any atom is -0.396 e. The summed E-state index contributed by atoms with van der Waals surface area (Å²) in [6.45, 7) is 0.439. The van der Waals surface area contributed by atoms with E-state index in [2.05, 4.69) is 21.3 Å². The van der Waals surface area contributed by atoms with Crippen LogP contribution in [0.25, 0.3) is 0 Å². The smallest absolute Gasteiger partial charge is 0.248 e. The van der Waals surface area contributed by atoms with Crippen molar-refractivity contribution in [2.75, 3.05) is 5.73 Å². The van der Waals surface area contributed by atoms with Crippen molar-refractivity contribution in [3.05, 3.63) is 46.5 Å². The fraction of sp³-hybridized carbons (Fsp3) is 0.182. The van der Waals surface area contributed by atoms with Gasteiger partial charge in [0.2, 0.25) is 5.89 Å². The standard InChI is InChI=1S/C11H11N5OS/c12-8-5-13-16(6-8)7-11-14-10(15-17-11)4-9-2-1-3-18-9/h1-3,5-6H,4,7,12H2. The molecule has 0 aromatic carbocycles. The highest BCUT2D eigenvalue weighted by atomic mass is 32.1. The summed E-state index contributed by atoms with van der Waals surface area (Å²) in [6.07, 6.45) is 4.01. The van der Waals surface area contributed by atoms with Crippen molar-refractivity contribution in [1.82, 2.24) is 19.9 Å². The Morgan fingerprint density at radius 1 is 1.44 bits per heavy atom. The second kappa shape index (κ2) is 4.61. The van der Waals surface area contributed by atoms with Crippen LogP contribution in [-0.4, -0.2) is 19.9 Å². The van der Waals surface area contributed by atoms with Crippen LogP contribution >= 0.6 is 11.3 Å². The molecule has 7 heteroatoms. The third kappa shape index (κ3) is 2.40. The molecular formula is C11H11N5OS. The van der Waals surface area contributed by atoms with E-state index in [4.69, 9.17) is 10.3 Å². The van der Waals surface area contributed by atoms with Crippen LogP contribution in [-0.2, 0) is 13.0 Å². The summed E-state index contributed by atoms with van der Waals surface area (Å²) in [7, 11) is 0. The molecule has 0 atom stereocenters. The molecule has 0 aliphatic carbocycles. The van der Waals surface area contributed by atoms with E-state index in [0.717, 1.165) is 0 Å². The normalized spacial score (nSPS) is 10.9. The maximum absolute atomic E-state index is 5.58. The van der Waals surface area contributed by atoms with Gasteiger partial charge in [-0.05, 0) is 11.4 Å². The van der Waals surface area contributed by atoms with Crippen molar-refractivity contribution in [3.63, 3.8) is 0 Å². The van der Waals surface area contributed by atoms with Gasteiger partial charge in [0.15, 0.2) is 5.82 Å². The first-order valence-electron chi connectivity index (χ1n) is 5.41. The van der Waals surface area contributed by atoms with Crippen LogP contribution in [0.5, 0.6) is 0 Å². The molecule has 0 aliphatic heterocycles. The predicted molar refractivity (Wildman–Crippen MR) is 67.2 cm³/mol. The molecule has 0 fully saturated rings.